The average Bonchev–Trinajstić information content (AvgIpc) is 2.98. The lowest BCUT2D eigenvalue weighted by molar-refractivity contribution is -0.144. The minimum absolute atomic E-state index is 0.239. The SMILES string of the molecule is CCc1ccc(C(=O)COC(=O)COc2cccc3c2OC(C)(C)C3)cc1. The van der Waals surface area contributed by atoms with Crippen molar-refractivity contribution in [3.05, 3.63) is 59.2 Å². The Bertz CT molecular complexity index is 836. The van der Waals surface area contributed by atoms with Crippen LogP contribution in [-0.2, 0) is 22.4 Å². The Morgan fingerprint density at radius 3 is 2.52 bits per heavy atom. The van der Waals surface area contributed by atoms with Crippen LogP contribution < -0.4 is 9.47 Å². The molecular weight excluding hydrogens is 344 g/mol. The van der Waals surface area contributed by atoms with Crippen molar-refractivity contribution in [3.63, 3.8) is 0 Å². The second-order valence-electron chi connectivity index (χ2n) is 7.21. The van der Waals surface area contributed by atoms with Crippen molar-refractivity contribution in [1.29, 1.82) is 0 Å². The van der Waals surface area contributed by atoms with Gasteiger partial charge in [-0.25, -0.2) is 4.79 Å². The van der Waals surface area contributed by atoms with Crippen molar-refractivity contribution >= 4 is 11.8 Å². The molecule has 1 aliphatic rings. The molecule has 27 heavy (non-hydrogen) atoms. The molecule has 0 aliphatic carbocycles. The zero-order valence-corrected chi connectivity index (χ0v) is 15.9. The van der Waals surface area contributed by atoms with Gasteiger partial charge < -0.3 is 14.2 Å². The number of carbonyl (C=O) groups excluding carboxylic acids is 2. The lowest BCUT2D eigenvalue weighted by Crippen LogP contribution is -2.25. The zero-order chi connectivity index (χ0) is 19.4. The van der Waals surface area contributed by atoms with Crippen LogP contribution in [0.5, 0.6) is 11.5 Å². The second-order valence-corrected chi connectivity index (χ2v) is 7.21. The fraction of sp³-hybridized carbons (Fsp3) is 0.364. The number of ketones is 1. The van der Waals surface area contributed by atoms with E-state index in [0.29, 0.717) is 17.1 Å². The van der Waals surface area contributed by atoms with Gasteiger partial charge in [-0.15, -0.1) is 0 Å². The number of fused-ring (bicyclic) bond motifs is 1. The van der Waals surface area contributed by atoms with Crippen LogP contribution in [0.25, 0.3) is 0 Å². The highest BCUT2D eigenvalue weighted by Crippen LogP contribution is 2.41. The number of rotatable bonds is 7. The van der Waals surface area contributed by atoms with Crippen molar-refractivity contribution in [2.45, 2.75) is 39.2 Å². The molecule has 0 N–H and O–H groups in total. The number of esters is 1. The third-order valence-corrected chi connectivity index (χ3v) is 4.45. The van der Waals surface area contributed by atoms with Crippen molar-refractivity contribution in [3.8, 4) is 11.5 Å². The summed E-state index contributed by atoms with van der Waals surface area (Å²) in [4.78, 5) is 24.0. The van der Waals surface area contributed by atoms with E-state index in [1.165, 1.54) is 0 Å². The van der Waals surface area contributed by atoms with Crippen LogP contribution in [0.4, 0.5) is 0 Å². The van der Waals surface area contributed by atoms with Crippen LogP contribution >= 0.6 is 0 Å². The Balaban J connectivity index is 1.51. The minimum Gasteiger partial charge on any atom is -0.483 e. The summed E-state index contributed by atoms with van der Waals surface area (Å²) in [7, 11) is 0. The van der Waals surface area contributed by atoms with E-state index in [2.05, 4.69) is 0 Å². The first-order valence-electron chi connectivity index (χ1n) is 9.09. The summed E-state index contributed by atoms with van der Waals surface area (Å²) in [5.74, 6) is 0.346. The number of benzene rings is 2. The third-order valence-electron chi connectivity index (χ3n) is 4.45. The van der Waals surface area contributed by atoms with E-state index < -0.39 is 5.97 Å². The summed E-state index contributed by atoms with van der Waals surface area (Å²) in [5, 5.41) is 0. The van der Waals surface area contributed by atoms with Gasteiger partial charge in [0.25, 0.3) is 0 Å². The van der Waals surface area contributed by atoms with Crippen LogP contribution in [-0.4, -0.2) is 30.6 Å². The molecule has 142 valence electrons. The van der Waals surface area contributed by atoms with E-state index in [1.54, 1.807) is 18.2 Å². The standard InChI is InChI=1S/C22H24O5/c1-4-15-8-10-16(11-9-15)18(23)13-26-20(24)14-25-19-7-5-6-17-12-22(2,3)27-21(17)19/h5-11H,4,12-14H2,1-3H3. The monoisotopic (exact) mass is 368 g/mol. The molecule has 2 aromatic carbocycles. The Morgan fingerprint density at radius 1 is 1.07 bits per heavy atom. The lowest BCUT2D eigenvalue weighted by Gasteiger charge is -2.18. The van der Waals surface area contributed by atoms with Crippen LogP contribution in [0.3, 0.4) is 0 Å². The van der Waals surface area contributed by atoms with E-state index in [9.17, 15) is 9.59 Å². The van der Waals surface area contributed by atoms with Gasteiger partial charge in [-0.3, -0.25) is 4.79 Å². The van der Waals surface area contributed by atoms with Crippen LogP contribution in [0.2, 0.25) is 0 Å². The Morgan fingerprint density at radius 2 is 1.81 bits per heavy atom. The van der Waals surface area contributed by atoms with E-state index in [1.807, 2.05) is 45.0 Å². The van der Waals surface area contributed by atoms with Gasteiger partial charge in [-0.05, 0) is 31.9 Å². The van der Waals surface area contributed by atoms with Crippen molar-refractivity contribution < 1.29 is 23.8 Å². The smallest absolute Gasteiger partial charge is 0.344 e. The topological polar surface area (TPSA) is 61.8 Å². The molecule has 1 heterocycles. The fourth-order valence-corrected chi connectivity index (χ4v) is 3.04. The van der Waals surface area contributed by atoms with Crippen LogP contribution in [0.1, 0.15) is 42.3 Å². The molecule has 0 saturated carbocycles. The summed E-state index contributed by atoms with van der Waals surface area (Å²) in [6.45, 7) is 5.48. The van der Waals surface area contributed by atoms with Crippen molar-refractivity contribution in [2.24, 2.45) is 0 Å². The number of hydrogen-bond acceptors (Lipinski definition) is 5. The van der Waals surface area contributed by atoms with Gasteiger partial charge in [0.15, 0.2) is 30.5 Å². The molecule has 0 bridgehead atoms. The summed E-state index contributed by atoms with van der Waals surface area (Å²) < 4.78 is 16.5. The van der Waals surface area contributed by atoms with Crippen molar-refractivity contribution in [2.75, 3.05) is 13.2 Å². The predicted molar refractivity (Wildman–Crippen MR) is 101 cm³/mol. The maximum absolute atomic E-state index is 12.1. The molecule has 0 aromatic heterocycles. The largest absolute Gasteiger partial charge is 0.483 e. The maximum Gasteiger partial charge on any atom is 0.344 e. The first-order valence-corrected chi connectivity index (χ1v) is 9.09. The highest BCUT2D eigenvalue weighted by molar-refractivity contribution is 5.98. The van der Waals surface area contributed by atoms with Gasteiger partial charge >= 0.3 is 5.97 Å². The van der Waals surface area contributed by atoms with Crippen LogP contribution in [0, 0.1) is 0 Å². The molecule has 0 amide bonds. The lowest BCUT2D eigenvalue weighted by atomic mass is 10.0. The molecule has 0 saturated heterocycles. The van der Waals surface area contributed by atoms with E-state index in [-0.39, 0.29) is 24.6 Å². The summed E-state index contributed by atoms with van der Waals surface area (Å²) >= 11 is 0. The predicted octanol–water partition coefficient (Wildman–Crippen LogP) is 3.77. The molecule has 0 atom stereocenters. The molecule has 2 aromatic rings. The number of ether oxygens (including phenoxy) is 3. The Kier molecular flexibility index (Phi) is 5.49. The van der Waals surface area contributed by atoms with Gasteiger partial charge in [0, 0.05) is 17.5 Å². The number of Topliss-reactive ketones (excluding diaryl/α,β-unsaturated/α-hetero) is 1. The molecule has 1 aliphatic heterocycles. The summed E-state index contributed by atoms with van der Waals surface area (Å²) in [6.07, 6.45) is 1.69. The van der Waals surface area contributed by atoms with Gasteiger partial charge in [0.1, 0.15) is 5.60 Å². The zero-order valence-electron chi connectivity index (χ0n) is 15.9. The van der Waals surface area contributed by atoms with E-state index >= 15 is 0 Å². The van der Waals surface area contributed by atoms with Crippen molar-refractivity contribution in [1.82, 2.24) is 0 Å². The second kappa shape index (κ2) is 7.82. The minimum atomic E-state index is -0.594. The number of para-hydroxylation sites is 1. The molecule has 0 radical (unpaired) electrons. The van der Waals surface area contributed by atoms with Gasteiger partial charge in [-0.1, -0.05) is 43.3 Å². The van der Waals surface area contributed by atoms with Crippen LogP contribution in [0.15, 0.2) is 42.5 Å². The maximum atomic E-state index is 12.1. The molecular formula is C22H24O5. The summed E-state index contributed by atoms with van der Waals surface area (Å²) in [6, 6.07) is 12.9. The highest BCUT2D eigenvalue weighted by atomic mass is 16.6. The molecule has 3 rings (SSSR count). The number of aryl methyl sites for hydroxylation is 1. The Hall–Kier alpha value is -2.82. The first kappa shape index (κ1) is 19.0. The van der Waals surface area contributed by atoms with Gasteiger partial charge in [-0.2, -0.15) is 0 Å². The number of carbonyl (C=O) groups is 2. The fourth-order valence-electron chi connectivity index (χ4n) is 3.04. The van der Waals surface area contributed by atoms with Gasteiger partial charge in [0.2, 0.25) is 0 Å². The molecule has 0 fully saturated rings. The quantitative estimate of drug-likeness (QED) is 0.550. The third kappa shape index (κ3) is 4.67. The van der Waals surface area contributed by atoms with Gasteiger partial charge in [0.05, 0.1) is 0 Å². The summed E-state index contributed by atoms with van der Waals surface area (Å²) in [5.41, 5.74) is 2.44. The molecule has 5 heteroatoms. The Labute approximate surface area is 159 Å². The first-order chi connectivity index (χ1) is 12.9. The molecule has 0 unspecified atom stereocenters. The average molecular weight is 368 g/mol. The van der Waals surface area contributed by atoms with E-state index in [0.717, 1.165) is 24.0 Å². The normalized spacial score (nSPS) is 14.2. The molecule has 0 spiro atoms. The van der Waals surface area contributed by atoms with E-state index in [4.69, 9.17) is 14.2 Å². The number of hydrogen-bond donors (Lipinski definition) is 0. The highest BCUT2D eigenvalue weighted by Gasteiger charge is 2.32. The molecule has 5 nitrogen and oxygen atoms in total.